The summed E-state index contributed by atoms with van der Waals surface area (Å²) in [6, 6.07) is 10.9. The fourth-order valence-corrected chi connectivity index (χ4v) is 3.21. The average molecular weight is 414 g/mol. The number of fused-ring (bicyclic) bond motifs is 1. The molecule has 0 aliphatic carbocycles. The monoisotopic (exact) mass is 414 g/mol. The number of para-hydroxylation sites is 2. The molecule has 9 heteroatoms. The number of hydrogen-bond acceptors (Lipinski definition) is 6. The van der Waals surface area contributed by atoms with Gasteiger partial charge in [0.05, 0.1) is 38.1 Å². The van der Waals surface area contributed by atoms with Crippen LogP contribution in [-0.2, 0) is 9.59 Å². The van der Waals surface area contributed by atoms with Crippen LogP contribution in [0.5, 0.6) is 5.75 Å². The first-order chi connectivity index (χ1) is 14.5. The number of amides is 3. The fraction of sp³-hybridized carbons (Fsp3) is 0.381. The van der Waals surface area contributed by atoms with Crippen LogP contribution in [0.4, 0.5) is 5.69 Å². The van der Waals surface area contributed by atoms with Gasteiger partial charge in [-0.2, -0.15) is 0 Å². The summed E-state index contributed by atoms with van der Waals surface area (Å²) in [5.41, 5.74) is 1.05. The first-order valence-electron chi connectivity index (χ1n) is 9.81. The van der Waals surface area contributed by atoms with Crippen LogP contribution in [0.3, 0.4) is 0 Å². The number of benzene rings is 1. The molecular weight excluding hydrogens is 388 g/mol. The molecule has 3 rings (SSSR count). The lowest BCUT2D eigenvalue weighted by molar-refractivity contribution is -0.132. The summed E-state index contributed by atoms with van der Waals surface area (Å²) in [5, 5.41) is 4.94. The summed E-state index contributed by atoms with van der Waals surface area (Å²) >= 11 is 0. The predicted octanol–water partition coefficient (Wildman–Crippen LogP) is 0.872. The number of carbonyl (C=O) groups is 3. The maximum absolute atomic E-state index is 12.4. The Morgan fingerprint density at radius 2 is 1.93 bits per heavy atom. The Labute approximate surface area is 175 Å². The number of ether oxygens (including phenoxy) is 1. The van der Waals surface area contributed by atoms with E-state index in [1.165, 1.54) is 17.2 Å². The van der Waals surface area contributed by atoms with Crippen molar-refractivity contribution in [3.05, 3.63) is 48.4 Å². The van der Waals surface area contributed by atoms with Crippen molar-refractivity contribution >= 4 is 23.4 Å². The van der Waals surface area contributed by atoms with Crippen LogP contribution in [0.15, 0.2) is 47.1 Å². The van der Waals surface area contributed by atoms with E-state index in [1.54, 1.807) is 13.1 Å². The maximum Gasteiger partial charge on any atom is 0.287 e. The van der Waals surface area contributed by atoms with Gasteiger partial charge in [0.1, 0.15) is 11.9 Å². The highest BCUT2D eigenvalue weighted by molar-refractivity contribution is 5.94. The van der Waals surface area contributed by atoms with Gasteiger partial charge >= 0.3 is 0 Å². The van der Waals surface area contributed by atoms with Gasteiger partial charge < -0.3 is 29.6 Å². The number of carbonyl (C=O) groups excluding carboxylic acids is 3. The normalized spacial score (nSPS) is 15.0. The number of hydrogen-bond donors (Lipinski definition) is 2. The lowest BCUT2D eigenvalue weighted by atomic mass is 10.2. The molecule has 0 saturated heterocycles. The summed E-state index contributed by atoms with van der Waals surface area (Å²) in [4.78, 5) is 39.8. The molecule has 0 spiro atoms. The lowest BCUT2D eigenvalue weighted by Crippen LogP contribution is -2.49. The molecule has 160 valence electrons. The molecule has 1 aliphatic rings. The van der Waals surface area contributed by atoms with E-state index in [1.807, 2.05) is 24.3 Å². The molecule has 30 heavy (non-hydrogen) atoms. The minimum absolute atomic E-state index is 0.119. The second-order valence-corrected chi connectivity index (χ2v) is 6.96. The highest BCUT2D eigenvalue weighted by Crippen LogP contribution is 2.32. The van der Waals surface area contributed by atoms with E-state index in [2.05, 4.69) is 22.5 Å². The first-order valence-corrected chi connectivity index (χ1v) is 9.81. The summed E-state index contributed by atoms with van der Waals surface area (Å²) in [6.07, 6.45) is 1.20. The van der Waals surface area contributed by atoms with E-state index in [0.717, 1.165) is 18.0 Å². The average Bonchev–Trinajstić information content (AvgIpc) is 3.30. The number of rotatable bonds is 8. The van der Waals surface area contributed by atoms with Crippen LogP contribution in [0, 0.1) is 0 Å². The number of furan rings is 1. The molecule has 0 bridgehead atoms. The van der Waals surface area contributed by atoms with Gasteiger partial charge in [0.25, 0.3) is 5.91 Å². The maximum atomic E-state index is 12.4. The molecule has 9 nitrogen and oxygen atoms in total. The molecular formula is C21H26N4O5. The van der Waals surface area contributed by atoms with E-state index in [-0.39, 0.29) is 30.9 Å². The Balaban J connectivity index is 1.42. The van der Waals surface area contributed by atoms with E-state index < -0.39 is 11.8 Å². The molecule has 2 heterocycles. The second-order valence-electron chi connectivity index (χ2n) is 6.96. The van der Waals surface area contributed by atoms with Crippen molar-refractivity contribution in [1.82, 2.24) is 15.5 Å². The van der Waals surface area contributed by atoms with E-state index in [9.17, 15) is 14.4 Å². The Morgan fingerprint density at radius 1 is 1.13 bits per heavy atom. The molecule has 0 saturated carbocycles. The van der Waals surface area contributed by atoms with Crippen molar-refractivity contribution in [3.63, 3.8) is 0 Å². The lowest BCUT2D eigenvalue weighted by Gasteiger charge is -2.37. The van der Waals surface area contributed by atoms with Crippen LogP contribution in [0.1, 0.15) is 17.5 Å². The van der Waals surface area contributed by atoms with Gasteiger partial charge in [-0.15, -0.1) is 0 Å². The molecule has 1 aromatic heterocycles. The summed E-state index contributed by atoms with van der Waals surface area (Å²) in [5.74, 6) is -0.275. The van der Waals surface area contributed by atoms with E-state index >= 15 is 0 Å². The third-order valence-corrected chi connectivity index (χ3v) is 4.80. The van der Waals surface area contributed by atoms with Crippen molar-refractivity contribution < 1.29 is 23.5 Å². The molecule has 2 N–H and O–H groups in total. The molecule has 1 atom stereocenters. The fourth-order valence-electron chi connectivity index (χ4n) is 3.21. The van der Waals surface area contributed by atoms with Crippen molar-refractivity contribution in [1.29, 1.82) is 0 Å². The van der Waals surface area contributed by atoms with Crippen LogP contribution in [-0.4, -0.2) is 68.5 Å². The Hall–Kier alpha value is -3.49. The number of likely N-dealkylation sites (N-methyl/N-ethyl adjacent to an activating group) is 2. The van der Waals surface area contributed by atoms with E-state index in [0.29, 0.717) is 13.1 Å². The molecule has 0 radical (unpaired) electrons. The Kier molecular flexibility index (Phi) is 6.95. The minimum atomic E-state index is -0.492. The molecule has 2 aromatic rings. The van der Waals surface area contributed by atoms with Crippen molar-refractivity contribution in [2.45, 2.75) is 13.0 Å². The summed E-state index contributed by atoms with van der Waals surface area (Å²) < 4.78 is 11.0. The Bertz CT molecular complexity index is 883. The number of anilines is 1. The van der Waals surface area contributed by atoms with Gasteiger partial charge in [-0.1, -0.05) is 12.1 Å². The largest absolute Gasteiger partial charge is 0.485 e. The van der Waals surface area contributed by atoms with Crippen molar-refractivity contribution in [2.24, 2.45) is 0 Å². The number of nitrogens with zero attached hydrogens (tertiary/aromatic N) is 2. The third-order valence-electron chi connectivity index (χ3n) is 4.80. The van der Waals surface area contributed by atoms with E-state index in [4.69, 9.17) is 9.15 Å². The topological polar surface area (TPSA) is 104 Å². The highest BCUT2D eigenvalue weighted by atomic mass is 16.5. The standard InChI is InChI=1S/C21H26N4O5/c1-3-25-14-15(30-17-8-5-4-7-16(17)25)13-24(2)20(27)12-22-19(26)11-23-21(28)18-9-6-10-29-18/h4-10,15H,3,11-14H2,1-2H3,(H,22,26)(H,23,28)/t15-/m1/s1. The molecule has 0 unspecified atom stereocenters. The van der Waals surface area contributed by atoms with Crippen LogP contribution in [0.2, 0.25) is 0 Å². The van der Waals surface area contributed by atoms with Gasteiger partial charge in [0.2, 0.25) is 11.8 Å². The zero-order valence-corrected chi connectivity index (χ0v) is 17.1. The van der Waals surface area contributed by atoms with Crippen LogP contribution in [0.25, 0.3) is 0 Å². The Morgan fingerprint density at radius 3 is 2.67 bits per heavy atom. The van der Waals surface area contributed by atoms with Gasteiger partial charge in [0.15, 0.2) is 5.76 Å². The van der Waals surface area contributed by atoms with Crippen molar-refractivity contribution in [3.8, 4) is 5.75 Å². The van der Waals surface area contributed by atoms with Crippen LogP contribution >= 0.6 is 0 Å². The van der Waals surface area contributed by atoms with Gasteiger partial charge in [-0.05, 0) is 31.2 Å². The molecule has 1 aromatic carbocycles. The predicted molar refractivity (Wildman–Crippen MR) is 110 cm³/mol. The van der Waals surface area contributed by atoms with Gasteiger partial charge in [-0.3, -0.25) is 14.4 Å². The molecule has 1 aliphatic heterocycles. The molecule has 3 amide bonds. The zero-order valence-electron chi connectivity index (χ0n) is 17.1. The minimum Gasteiger partial charge on any atom is -0.485 e. The summed E-state index contributed by atoms with van der Waals surface area (Å²) in [7, 11) is 1.67. The quantitative estimate of drug-likeness (QED) is 0.664. The zero-order chi connectivity index (χ0) is 21.5. The SMILES string of the molecule is CCN1C[C@@H](CN(C)C(=O)CNC(=O)CNC(=O)c2ccco2)Oc2ccccc21. The summed E-state index contributed by atoms with van der Waals surface area (Å²) in [6.45, 7) is 3.59. The van der Waals surface area contributed by atoms with Crippen molar-refractivity contribution in [2.75, 3.05) is 44.7 Å². The van der Waals surface area contributed by atoms with Gasteiger partial charge in [0, 0.05) is 13.6 Å². The third kappa shape index (κ3) is 5.31. The number of nitrogens with one attached hydrogen (secondary N) is 2. The highest BCUT2D eigenvalue weighted by Gasteiger charge is 2.26. The van der Waals surface area contributed by atoms with Crippen LogP contribution < -0.4 is 20.3 Å². The van der Waals surface area contributed by atoms with Gasteiger partial charge in [-0.25, -0.2) is 0 Å². The smallest absolute Gasteiger partial charge is 0.287 e. The molecule has 0 fully saturated rings. The second kappa shape index (κ2) is 9.82. The first kappa shape index (κ1) is 21.2.